The molecular formula is C23H28N2O3. The summed E-state index contributed by atoms with van der Waals surface area (Å²) in [5.41, 5.74) is 1.40. The molecule has 0 radical (unpaired) electrons. The standard InChI is InChI=1S/C23H28N2O3/c1-23(2,16-25(3)4)15-24-22(26)21-19(14-27-17-10-6-5-7-11-17)18-12-8-9-13-20(18)28-21/h5-13H,14-16H2,1-4H3,(H,24,26). The van der Waals surface area contributed by atoms with Gasteiger partial charge in [-0.05, 0) is 37.7 Å². The van der Waals surface area contributed by atoms with Gasteiger partial charge in [-0.3, -0.25) is 4.79 Å². The number of nitrogens with zero attached hydrogens (tertiary/aromatic N) is 1. The summed E-state index contributed by atoms with van der Waals surface area (Å²) in [4.78, 5) is 15.0. The summed E-state index contributed by atoms with van der Waals surface area (Å²) < 4.78 is 11.8. The molecule has 0 spiro atoms. The Balaban J connectivity index is 1.80. The van der Waals surface area contributed by atoms with Crippen molar-refractivity contribution in [1.29, 1.82) is 0 Å². The third-order valence-electron chi connectivity index (χ3n) is 4.50. The number of benzene rings is 2. The van der Waals surface area contributed by atoms with Crippen LogP contribution in [-0.2, 0) is 6.61 Å². The van der Waals surface area contributed by atoms with E-state index in [9.17, 15) is 4.79 Å². The van der Waals surface area contributed by atoms with Crippen LogP contribution >= 0.6 is 0 Å². The van der Waals surface area contributed by atoms with Crippen molar-refractivity contribution in [3.05, 3.63) is 65.9 Å². The lowest BCUT2D eigenvalue weighted by molar-refractivity contribution is 0.0900. The smallest absolute Gasteiger partial charge is 0.287 e. The summed E-state index contributed by atoms with van der Waals surface area (Å²) in [5, 5.41) is 3.93. The van der Waals surface area contributed by atoms with E-state index in [0.717, 1.165) is 23.2 Å². The molecule has 0 atom stereocenters. The molecule has 0 aliphatic carbocycles. The quantitative estimate of drug-likeness (QED) is 0.632. The fraction of sp³-hybridized carbons (Fsp3) is 0.348. The van der Waals surface area contributed by atoms with Gasteiger partial charge in [0.25, 0.3) is 5.91 Å². The number of hydrogen-bond donors (Lipinski definition) is 1. The number of nitrogens with one attached hydrogen (secondary N) is 1. The number of para-hydroxylation sites is 2. The lowest BCUT2D eigenvalue weighted by Gasteiger charge is -2.28. The number of carbonyl (C=O) groups excluding carboxylic acids is 1. The number of ether oxygens (including phenoxy) is 1. The van der Waals surface area contributed by atoms with Crippen molar-refractivity contribution in [3.63, 3.8) is 0 Å². The maximum atomic E-state index is 12.9. The van der Waals surface area contributed by atoms with Gasteiger partial charge >= 0.3 is 0 Å². The van der Waals surface area contributed by atoms with Gasteiger partial charge in [-0.25, -0.2) is 0 Å². The average molecular weight is 380 g/mol. The number of rotatable bonds is 8. The van der Waals surface area contributed by atoms with Crippen molar-refractivity contribution in [1.82, 2.24) is 10.2 Å². The molecule has 0 bridgehead atoms. The first-order valence-electron chi connectivity index (χ1n) is 9.47. The molecule has 1 N–H and O–H groups in total. The highest BCUT2D eigenvalue weighted by Gasteiger charge is 2.24. The predicted octanol–water partition coefficient (Wildman–Crippen LogP) is 4.33. The van der Waals surface area contributed by atoms with Crippen LogP contribution < -0.4 is 10.1 Å². The largest absolute Gasteiger partial charge is 0.489 e. The summed E-state index contributed by atoms with van der Waals surface area (Å²) in [6, 6.07) is 17.2. The molecule has 3 rings (SSSR count). The number of fused-ring (bicyclic) bond motifs is 1. The number of carbonyl (C=O) groups is 1. The van der Waals surface area contributed by atoms with Crippen molar-refractivity contribution in [3.8, 4) is 5.75 Å². The Morgan fingerprint density at radius 1 is 1.07 bits per heavy atom. The van der Waals surface area contributed by atoms with Gasteiger partial charge in [0, 0.05) is 24.0 Å². The van der Waals surface area contributed by atoms with Crippen LogP contribution in [0.2, 0.25) is 0 Å². The minimum Gasteiger partial charge on any atom is -0.489 e. The van der Waals surface area contributed by atoms with Gasteiger partial charge in [-0.2, -0.15) is 0 Å². The summed E-state index contributed by atoms with van der Waals surface area (Å²) in [7, 11) is 4.06. The maximum absolute atomic E-state index is 12.9. The minimum absolute atomic E-state index is 0.0497. The topological polar surface area (TPSA) is 54.7 Å². The second-order valence-corrected chi connectivity index (χ2v) is 8.09. The fourth-order valence-corrected chi connectivity index (χ4v) is 3.41. The van der Waals surface area contributed by atoms with Gasteiger partial charge in [0.2, 0.25) is 0 Å². The van der Waals surface area contributed by atoms with Crippen LogP contribution in [0.5, 0.6) is 5.75 Å². The Bertz CT molecular complexity index is 929. The van der Waals surface area contributed by atoms with E-state index < -0.39 is 0 Å². The van der Waals surface area contributed by atoms with E-state index in [-0.39, 0.29) is 17.9 Å². The Morgan fingerprint density at radius 2 is 1.75 bits per heavy atom. The molecule has 0 saturated carbocycles. The average Bonchev–Trinajstić information content (AvgIpc) is 3.03. The van der Waals surface area contributed by atoms with Gasteiger partial charge in [-0.15, -0.1) is 0 Å². The lowest BCUT2D eigenvalue weighted by atomic mass is 9.93. The molecule has 1 aromatic heterocycles. The SMILES string of the molecule is CN(C)CC(C)(C)CNC(=O)c1oc2ccccc2c1COc1ccccc1. The third kappa shape index (κ3) is 4.93. The highest BCUT2D eigenvalue weighted by Crippen LogP contribution is 2.27. The van der Waals surface area contributed by atoms with Crippen LogP contribution in [-0.4, -0.2) is 38.0 Å². The molecule has 5 nitrogen and oxygen atoms in total. The van der Waals surface area contributed by atoms with E-state index in [0.29, 0.717) is 17.9 Å². The van der Waals surface area contributed by atoms with Crippen LogP contribution in [0.3, 0.4) is 0 Å². The Labute approximate surface area is 166 Å². The Morgan fingerprint density at radius 3 is 2.46 bits per heavy atom. The monoisotopic (exact) mass is 380 g/mol. The zero-order chi connectivity index (χ0) is 20.1. The highest BCUT2D eigenvalue weighted by molar-refractivity contribution is 5.99. The van der Waals surface area contributed by atoms with Crippen molar-refractivity contribution < 1.29 is 13.9 Å². The maximum Gasteiger partial charge on any atom is 0.287 e. The third-order valence-corrected chi connectivity index (χ3v) is 4.50. The number of furan rings is 1. The molecule has 0 fully saturated rings. The summed E-state index contributed by atoms with van der Waals surface area (Å²) >= 11 is 0. The Kier molecular flexibility index (Phi) is 6.05. The molecule has 0 saturated heterocycles. The zero-order valence-corrected chi connectivity index (χ0v) is 17.0. The van der Waals surface area contributed by atoms with E-state index in [1.165, 1.54) is 0 Å². The summed E-state index contributed by atoms with van der Waals surface area (Å²) in [6.45, 7) is 5.96. The molecular weight excluding hydrogens is 352 g/mol. The lowest BCUT2D eigenvalue weighted by Crippen LogP contribution is -2.40. The van der Waals surface area contributed by atoms with Crippen LogP contribution in [0.4, 0.5) is 0 Å². The molecule has 0 aliphatic heterocycles. The van der Waals surface area contributed by atoms with Crippen molar-refractivity contribution in [2.45, 2.75) is 20.5 Å². The van der Waals surface area contributed by atoms with Crippen molar-refractivity contribution in [2.24, 2.45) is 5.41 Å². The molecule has 1 heterocycles. The van der Waals surface area contributed by atoms with Gasteiger partial charge in [-0.1, -0.05) is 50.2 Å². The first kappa shape index (κ1) is 20.0. The second kappa shape index (κ2) is 8.48. The van der Waals surface area contributed by atoms with Gasteiger partial charge in [0.05, 0.1) is 0 Å². The van der Waals surface area contributed by atoms with Crippen LogP contribution in [0.1, 0.15) is 30.0 Å². The van der Waals surface area contributed by atoms with E-state index in [1.807, 2.05) is 68.7 Å². The molecule has 0 unspecified atom stereocenters. The zero-order valence-electron chi connectivity index (χ0n) is 17.0. The summed E-state index contributed by atoms with van der Waals surface area (Å²) in [6.07, 6.45) is 0. The minimum atomic E-state index is -0.213. The van der Waals surface area contributed by atoms with E-state index in [1.54, 1.807) is 0 Å². The molecule has 1 amide bonds. The van der Waals surface area contributed by atoms with E-state index in [4.69, 9.17) is 9.15 Å². The first-order chi connectivity index (χ1) is 13.4. The molecule has 0 aliphatic rings. The normalized spacial score (nSPS) is 11.8. The molecule has 5 heteroatoms. The van der Waals surface area contributed by atoms with Gasteiger partial charge in [0.1, 0.15) is 17.9 Å². The van der Waals surface area contributed by atoms with Crippen LogP contribution in [0, 0.1) is 5.41 Å². The van der Waals surface area contributed by atoms with Crippen LogP contribution in [0.15, 0.2) is 59.0 Å². The molecule has 3 aromatic rings. The van der Waals surface area contributed by atoms with E-state index in [2.05, 4.69) is 24.1 Å². The molecule has 148 valence electrons. The number of hydrogen-bond acceptors (Lipinski definition) is 4. The molecule has 28 heavy (non-hydrogen) atoms. The predicted molar refractivity (Wildman–Crippen MR) is 112 cm³/mol. The fourth-order valence-electron chi connectivity index (χ4n) is 3.41. The van der Waals surface area contributed by atoms with Gasteiger partial charge in [0.15, 0.2) is 5.76 Å². The molecule has 2 aromatic carbocycles. The highest BCUT2D eigenvalue weighted by atomic mass is 16.5. The van der Waals surface area contributed by atoms with Crippen molar-refractivity contribution in [2.75, 3.05) is 27.2 Å². The van der Waals surface area contributed by atoms with Crippen molar-refractivity contribution >= 4 is 16.9 Å². The van der Waals surface area contributed by atoms with Gasteiger partial charge < -0.3 is 19.4 Å². The Hall–Kier alpha value is -2.79. The van der Waals surface area contributed by atoms with E-state index >= 15 is 0 Å². The second-order valence-electron chi connectivity index (χ2n) is 8.09. The number of amides is 1. The first-order valence-corrected chi connectivity index (χ1v) is 9.47. The summed E-state index contributed by atoms with van der Waals surface area (Å²) in [5.74, 6) is 0.860. The van der Waals surface area contributed by atoms with Crippen LogP contribution in [0.25, 0.3) is 11.0 Å².